The molecule has 0 aromatic carbocycles. The van der Waals surface area contributed by atoms with Crippen LogP contribution in [0.1, 0.15) is 12.1 Å². The molecule has 18 heavy (non-hydrogen) atoms. The van der Waals surface area contributed by atoms with Crippen molar-refractivity contribution in [2.45, 2.75) is 12.0 Å². The Labute approximate surface area is 109 Å². The number of nitrogens with zero attached hydrogens (tertiary/aromatic N) is 4. The van der Waals surface area contributed by atoms with E-state index in [1.54, 1.807) is 18.5 Å². The molecule has 1 unspecified atom stereocenters. The predicted molar refractivity (Wildman–Crippen MR) is 66.4 cm³/mol. The molecule has 1 saturated heterocycles. The average Bonchev–Trinajstić information content (AvgIpc) is 3.00. The molecule has 0 bridgehead atoms. The van der Waals surface area contributed by atoms with Gasteiger partial charge in [-0.05, 0) is 12.1 Å². The van der Waals surface area contributed by atoms with Crippen LogP contribution >= 0.6 is 11.6 Å². The molecule has 94 valence electrons. The van der Waals surface area contributed by atoms with E-state index < -0.39 is 5.60 Å². The second kappa shape index (κ2) is 4.22. The van der Waals surface area contributed by atoms with Gasteiger partial charge in [-0.2, -0.15) is 15.4 Å². The van der Waals surface area contributed by atoms with Crippen molar-refractivity contribution in [3.8, 4) is 0 Å². The summed E-state index contributed by atoms with van der Waals surface area (Å²) in [5.74, 6) is 0.804. The van der Waals surface area contributed by atoms with E-state index >= 15 is 0 Å². The quantitative estimate of drug-likeness (QED) is 0.845. The van der Waals surface area contributed by atoms with Gasteiger partial charge < -0.3 is 10.0 Å². The number of H-pyrrole nitrogens is 1. The van der Waals surface area contributed by atoms with Gasteiger partial charge in [0.25, 0.3) is 0 Å². The van der Waals surface area contributed by atoms with Gasteiger partial charge in [0.2, 0.25) is 0 Å². The molecule has 3 heterocycles. The number of anilines is 1. The lowest BCUT2D eigenvalue weighted by atomic mass is 10.0. The second-order valence-electron chi connectivity index (χ2n) is 4.39. The molecule has 2 aromatic heterocycles. The third-order valence-electron chi connectivity index (χ3n) is 3.18. The first-order valence-corrected chi connectivity index (χ1v) is 6.00. The highest BCUT2D eigenvalue weighted by atomic mass is 35.5. The monoisotopic (exact) mass is 265 g/mol. The number of aromatic nitrogens is 4. The molecule has 0 amide bonds. The zero-order chi connectivity index (χ0) is 12.6. The van der Waals surface area contributed by atoms with Crippen LogP contribution in [0.4, 0.5) is 5.82 Å². The molecule has 2 N–H and O–H groups in total. The van der Waals surface area contributed by atoms with E-state index in [1.165, 1.54) is 0 Å². The first-order valence-electron chi connectivity index (χ1n) is 5.62. The average molecular weight is 266 g/mol. The highest BCUT2D eigenvalue weighted by Gasteiger charge is 2.40. The summed E-state index contributed by atoms with van der Waals surface area (Å²) in [6.45, 7) is 1.17. The van der Waals surface area contributed by atoms with Crippen LogP contribution < -0.4 is 4.90 Å². The number of hydrogen-bond acceptors (Lipinski definition) is 5. The summed E-state index contributed by atoms with van der Waals surface area (Å²) < 4.78 is 0. The Bertz CT molecular complexity index is 529. The Morgan fingerprint density at radius 1 is 1.39 bits per heavy atom. The molecule has 6 nitrogen and oxygen atoms in total. The Morgan fingerprint density at radius 2 is 2.28 bits per heavy atom. The van der Waals surface area contributed by atoms with Crippen LogP contribution in [0.5, 0.6) is 0 Å². The molecule has 1 atom stereocenters. The lowest BCUT2D eigenvalue weighted by Gasteiger charge is -2.21. The van der Waals surface area contributed by atoms with Crippen LogP contribution in [-0.2, 0) is 5.60 Å². The zero-order valence-corrected chi connectivity index (χ0v) is 10.3. The standard InChI is InChI=1S/C11H12ClN5O/c12-8-1-2-10(13-5-8)17-4-3-11(18,7-17)9-6-14-16-15-9/h1-2,5-6,18H,3-4,7H2,(H,14,15,16). The first kappa shape index (κ1) is 11.4. The number of nitrogens with one attached hydrogen (secondary N) is 1. The lowest BCUT2D eigenvalue weighted by molar-refractivity contribution is 0.0559. The topological polar surface area (TPSA) is 77.9 Å². The van der Waals surface area contributed by atoms with Gasteiger partial charge in [-0.1, -0.05) is 11.6 Å². The van der Waals surface area contributed by atoms with Gasteiger partial charge in [0.05, 0.1) is 17.8 Å². The fourth-order valence-electron chi connectivity index (χ4n) is 2.18. The minimum absolute atomic E-state index is 0.453. The van der Waals surface area contributed by atoms with Crippen LogP contribution in [0.2, 0.25) is 5.02 Å². The highest BCUT2D eigenvalue weighted by molar-refractivity contribution is 6.30. The molecule has 0 radical (unpaired) electrons. The van der Waals surface area contributed by atoms with E-state index in [0.717, 1.165) is 12.4 Å². The Morgan fingerprint density at radius 3 is 2.94 bits per heavy atom. The number of aromatic amines is 1. The Kier molecular flexibility index (Phi) is 2.68. The van der Waals surface area contributed by atoms with Crippen molar-refractivity contribution in [3.05, 3.63) is 35.2 Å². The summed E-state index contributed by atoms with van der Waals surface area (Å²) >= 11 is 5.80. The number of rotatable bonds is 2. The smallest absolute Gasteiger partial charge is 0.129 e. The number of halogens is 1. The maximum atomic E-state index is 10.5. The van der Waals surface area contributed by atoms with Gasteiger partial charge >= 0.3 is 0 Å². The van der Waals surface area contributed by atoms with E-state index in [4.69, 9.17) is 11.6 Å². The molecule has 1 aliphatic rings. The van der Waals surface area contributed by atoms with Gasteiger partial charge in [-0.15, -0.1) is 0 Å². The van der Waals surface area contributed by atoms with Crippen molar-refractivity contribution in [2.75, 3.05) is 18.0 Å². The maximum Gasteiger partial charge on any atom is 0.129 e. The van der Waals surface area contributed by atoms with Crippen molar-refractivity contribution in [1.29, 1.82) is 0 Å². The number of pyridine rings is 1. The van der Waals surface area contributed by atoms with E-state index in [0.29, 0.717) is 23.7 Å². The van der Waals surface area contributed by atoms with Crippen LogP contribution in [-0.4, -0.2) is 38.6 Å². The van der Waals surface area contributed by atoms with E-state index in [9.17, 15) is 5.11 Å². The molecule has 2 aromatic rings. The van der Waals surface area contributed by atoms with Gasteiger partial charge in [0, 0.05) is 19.2 Å². The summed E-state index contributed by atoms with van der Waals surface area (Å²) in [5, 5.41) is 21.3. The number of aliphatic hydroxyl groups is 1. The van der Waals surface area contributed by atoms with Crippen LogP contribution in [0.15, 0.2) is 24.5 Å². The SMILES string of the molecule is OC1(c2cn[nH]n2)CCN(c2ccc(Cl)cn2)C1. The van der Waals surface area contributed by atoms with Crippen LogP contribution in [0.3, 0.4) is 0 Å². The molecular formula is C11H12ClN5O. The van der Waals surface area contributed by atoms with Crippen molar-refractivity contribution in [3.63, 3.8) is 0 Å². The molecule has 0 saturated carbocycles. The van der Waals surface area contributed by atoms with E-state index in [2.05, 4.69) is 20.4 Å². The fourth-order valence-corrected chi connectivity index (χ4v) is 2.29. The summed E-state index contributed by atoms with van der Waals surface area (Å²) in [7, 11) is 0. The molecular weight excluding hydrogens is 254 g/mol. The largest absolute Gasteiger partial charge is 0.381 e. The molecule has 7 heteroatoms. The number of hydrogen-bond donors (Lipinski definition) is 2. The van der Waals surface area contributed by atoms with Crippen molar-refractivity contribution < 1.29 is 5.11 Å². The van der Waals surface area contributed by atoms with Crippen molar-refractivity contribution >= 4 is 17.4 Å². The number of β-amino-alcohol motifs (C(OH)–C–C–N with tert-alkyl or cyclic N) is 1. The molecule has 3 rings (SSSR count). The predicted octanol–water partition coefficient (Wildman–Crippen LogP) is 0.951. The molecule has 0 aliphatic carbocycles. The summed E-state index contributed by atoms with van der Waals surface area (Å²) in [4.78, 5) is 6.25. The van der Waals surface area contributed by atoms with Crippen molar-refractivity contribution in [2.24, 2.45) is 0 Å². The van der Waals surface area contributed by atoms with Gasteiger partial charge in [-0.25, -0.2) is 4.98 Å². The van der Waals surface area contributed by atoms with Crippen LogP contribution in [0, 0.1) is 0 Å². The third-order valence-corrected chi connectivity index (χ3v) is 3.40. The Balaban J connectivity index is 1.81. The second-order valence-corrected chi connectivity index (χ2v) is 4.83. The molecule has 1 aliphatic heterocycles. The summed E-state index contributed by atoms with van der Waals surface area (Å²) in [6, 6.07) is 3.63. The first-order chi connectivity index (χ1) is 8.67. The Hall–Kier alpha value is -1.66. The minimum Gasteiger partial charge on any atom is -0.381 e. The third kappa shape index (κ3) is 1.93. The fraction of sp³-hybridized carbons (Fsp3) is 0.364. The molecule has 1 fully saturated rings. The van der Waals surface area contributed by atoms with Gasteiger partial charge in [0.15, 0.2) is 0 Å². The van der Waals surface area contributed by atoms with E-state index in [-0.39, 0.29) is 0 Å². The van der Waals surface area contributed by atoms with Crippen LogP contribution in [0.25, 0.3) is 0 Å². The highest BCUT2D eigenvalue weighted by Crippen LogP contribution is 2.32. The summed E-state index contributed by atoms with van der Waals surface area (Å²) in [5.41, 5.74) is -0.395. The van der Waals surface area contributed by atoms with Gasteiger partial charge in [0.1, 0.15) is 17.1 Å². The lowest BCUT2D eigenvalue weighted by Crippen LogP contribution is -2.31. The minimum atomic E-state index is -0.964. The van der Waals surface area contributed by atoms with Gasteiger partial charge in [-0.3, -0.25) is 0 Å². The maximum absolute atomic E-state index is 10.5. The normalized spacial score (nSPS) is 23.6. The van der Waals surface area contributed by atoms with E-state index in [1.807, 2.05) is 11.0 Å². The zero-order valence-electron chi connectivity index (χ0n) is 9.54. The molecule has 0 spiro atoms. The summed E-state index contributed by atoms with van der Waals surface area (Å²) in [6.07, 6.45) is 3.76. The van der Waals surface area contributed by atoms with Crippen molar-refractivity contribution in [1.82, 2.24) is 20.4 Å².